The number of aromatic nitrogens is 5. The number of hydrogen-bond donors (Lipinski definition) is 0. The molecule has 0 radical (unpaired) electrons. The summed E-state index contributed by atoms with van der Waals surface area (Å²) in [5.41, 5.74) is 27.8. The Bertz CT molecular complexity index is 4520. The second-order valence-corrected chi connectivity index (χ2v) is 88.2. The molecule has 0 fully saturated rings. The zero-order valence-electron chi connectivity index (χ0n) is 70.5. The van der Waals surface area contributed by atoms with Crippen LogP contribution in [0.25, 0.3) is 56.3 Å². The quantitative estimate of drug-likeness (QED) is 0.0679. The molecule has 0 bridgehead atoms. The van der Waals surface area contributed by atoms with Gasteiger partial charge in [-0.3, -0.25) is 0 Å². The van der Waals surface area contributed by atoms with E-state index in [4.69, 9.17) is 0 Å². The van der Waals surface area contributed by atoms with Gasteiger partial charge in [0.2, 0.25) is 0 Å². The zero-order valence-corrected chi connectivity index (χ0v) is 81.0. The van der Waals surface area contributed by atoms with Crippen LogP contribution in [-0.4, -0.2) is 66.3 Å². The average Bonchev–Trinajstić information content (AvgIpc) is 0.808. The molecule has 0 aliphatic carbocycles. The van der Waals surface area contributed by atoms with Gasteiger partial charge in [-0.15, -0.1) is 0 Å². The van der Waals surface area contributed by atoms with Crippen molar-refractivity contribution in [3.8, 4) is 56.3 Å². The Balaban J connectivity index is 0.000000202. The summed E-state index contributed by atoms with van der Waals surface area (Å²) in [4.78, 5) is 0. The van der Waals surface area contributed by atoms with Crippen LogP contribution in [0.5, 0.6) is 0 Å². The maximum absolute atomic E-state index is 2.50. The molecule has 0 saturated carbocycles. The molecule has 10 rings (SSSR count). The summed E-state index contributed by atoms with van der Waals surface area (Å²) in [5.74, 6) is 38.6. The second-order valence-electron chi connectivity index (χ2n) is 35.3. The number of hydrogen-bond acceptors (Lipinski definition) is 0. The van der Waals surface area contributed by atoms with Crippen molar-refractivity contribution in [3.63, 3.8) is 0 Å². The van der Waals surface area contributed by atoms with Crippen molar-refractivity contribution < 1.29 is 22.8 Å². The van der Waals surface area contributed by atoms with Gasteiger partial charge in [0.15, 0.2) is 0 Å². The van der Waals surface area contributed by atoms with E-state index in [-0.39, 0.29) is 0 Å². The molecule has 0 spiro atoms. The minimum atomic E-state index is -1.90. The fourth-order valence-corrected chi connectivity index (χ4v) is 33.0. The van der Waals surface area contributed by atoms with Crippen LogP contribution in [0.4, 0.5) is 0 Å². The van der Waals surface area contributed by atoms with E-state index >= 15 is 0 Å². The van der Waals surface area contributed by atoms with Crippen molar-refractivity contribution in [2.45, 2.75) is 201 Å². The molecular weight excluding hydrogens is 1550 g/mol. The zero-order chi connectivity index (χ0) is 77.0. The SMILES string of the molecule is CCCc1c[n+](C)c(-c2ccccc2C)c[c]1[Ge]([CH3])([CH3])[CH3].CCc1c[n+](C)c(-c2ccccc2C)c[c]1[Ge]([CH3])([CH3])[CH3].Cc1ccccc1-c1c[c]([Ge]([CH3])([CH3])[CH3])c(C(C)C)c[n+]1C.Cc1ccccc1-c1c[c]([Ge]([CH3])([CH3])[CH3])c(C)c[n+]1C.Cc1ccccc1-c1c[c]([Ge]([CH3])([CH3])[CH3])c(CC(C)C)c[n+]1C. The summed E-state index contributed by atoms with van der Waals surface area (Å²) in [5, 5.41) is 0. The summed E-state index contributed by atoms with van der Waals surface area (Å²) in [7, 11) is 10.9. The topological polar surface area (TPSA) is 19.4 Å². The van der Waals surface area contributed by atoms with Crippen molar-refractivity contribution in [3.05, 3.63) is 238 Å². The van der Waals surface area contributed by atoms with Gasteiger partial charge in [0.05, 0.1) is 0 Å². The molecule has 5 nitrogen and oxygen atoms in total. The Kier molecular flexibility index (Phi) is 31.0. The van der Waals surface area contributed by atoms with E-state index in [9.17, 15) is 0 Å². The monoisotopic (exact) mass is 1690 g/mol. The molecule has 0 aliphatic heterocycles. The molecule has 10 heteroatoms. The minimum absolute atomic E-state index is 0.585. The number of nitrogens with zero attached hydrogens (tertiary/aromatic N) is 5. The first-order valence-electron chi connectivity index (χ1n) is 38.3. The van der Waals surface area contributed by atoms with Gasteiger partial charge in [0, 0.05) is 0 Å². The van der Waals surface area contributed by atoms with Crippen molar-refractivity contribution >= 4 is 88.3 Å². The standard InChI is InChI=1S/C20H30GeN.2C19H28GeN.C18H26GeN.C17H24GeN/c1-15(2)12-17-14-22(7)20(13-19(17)21(4,5)6)18-11-9-8-10-16(18)3;1-14(2)17-13-21(7)19(12-18(17)20(4,5)6)16-11-9-8-10-15(16)3;1-7-10-16-14-21(6)19(13-18(16)20(3,4)5)17-12-9-8-11-15(17)2;1-7-15-13-20(6)18(12-17(15)19(3,4)5)16-11-9-8-10-14(16)2;1-13-9-7-8-10-15(13)17-11-16(18(3,4)5)14(2)12-19(17)6/h8-11,13-15H,12H2,1-7H3;8-14H,1-7H3;8-9,11-14H,7,10H2,1-6H3;8-13H,7H2,1-6H3;7-12H,1-6H3/q5*+1. The second kappa shape index (κ2) is 36.9. The summed E-state index contributed by atoms with van der Waals surface area (Å²) in [6, 6.07) is 55.7. The van der Waals surface area contributed by atoms with Crippen LogP contribution >= 0.6 is 0 Å². The van der Waals surface area contributed by atoms with Gasteiger partial charge in [0.25, 0.3) is 0 Å². The molecule has 5 heterocycles. The summed E-state index contributed by atoms with van der Waals surface area (Å²) in [6.45, 7) is 27.0. The van der Waals surface area contributed by atoms with Crippen LogP contribution in [0.3, 0.4) is 0 Å². The van der Waals surface area contributed by atoms with Gasteiger partial charge in [-0.1, -0.05) is 0 Å². The fourth-order valence-electron chi connectivity index (χ4n) is 14.6. The van der Waals surface area contributed by atoms with Crippen LogP contribution in [0.15, 0.2) is 183 Å². The van der Waals surface area contributed by atoms with Crippen LogP contribution < -0.4 is 44.8 Å². The van der Waals surface area contributed by atoms with Crippen molar-refractivity contribution in [2.24, 2.45) is 41.2 Å². The van der Waals surface area contributed by atoms with Gasteiger partial charge in [-0.05, 0) is 0 Å². The van der Waals surface area contributed by atoms with Crippen LogP contribution in [0, 0.1) is 47.5 Å². The van der Waals surface area contributed by atoms with E-state index in [1.54, 1.807) is 33.1 Å². The van der Waals surface area contributed by atoms with E-state index < -0.39 is 66.3 Å². The molecule has 0 aliphatic rings. The van der Waals surface area contributed by atoms with Crippen molar-refractivity contribution in [1.29, 1.82) is 0 Å². The fraction of sp³-hybridized carbons (Fsp3) is 0.409. The molecule has 5 aromatic heterocycles. The molecular formula is C93H136Ge5N5+5. The Morgan fingerprint density at radius 2 is 0.544 bits per heavy atom. The van der Waals surface area contributed by atoms with E-state index in [0.717, 1.165) is 6.42 Å². The van der Waals surface area contributed by atoms with Crippen molar-refractivity contribution in [1.82, 2.24) is 0 Å². The normalized spacial score (nSPS) is 11.8. The summed E-state index contributed by atoms with van der Waals surface area (Å²) < 4.78 is 19.7. The molecule has 103 heavy (non-hydrogen) atoms. The first kappa shape index (κ1) is 86.5. The Hall–Kier alpha value is -5.44. The van der Waals surface area contributed by atoms with Gasteiger partial charge >= 0.3 is 648 Å². The third-order valence-corrected chi connectivity index (χ3v) is 42.1. The number of pyridine rings is 5. The molecule has 0 unspecified atom stereocenters. The maximum atomic E-state index is 2.50. The van der Waals surface area contributed by atoms with Crippen LogP contribution in [0.2, 0.25) is 86.3 Å². The molecule has 0 atom stereocenters. The average molecular weight is 1690 g/mol. The number of rotatable bonds is 16. The van der Waals surface area contributed by atoms with Gasteiger partial charge < -0.3 is 0 Å². The number of benzene rings is 5. The Morgan fingerprint density at radius 3 is 0.825 bits per heavy atom. The van der Waals surface area contributed by atoms with Crippen LogP contribution in [-0.2, 0) is 54.5 Å². The number of aryl methyl sites for hydroxylation is 13. The molecule has 5 aromatic carbocycles. The Labute approximate surface area is 641 Å². The van der Waals surface area contributed by atoms with E-state index in [1.165, 1.54) is 120 Å². The summed E-state index contributed by atoms with van der Waals surface area (Å²) >= 11 is -9.30. The van der Waals surface area contributed by atoms with Gasteiger partial charge in [-0.2, -0.15) is 0 Å². The molecule has 0 saturated heterocycles. The first-order valence-corrected chi connectivity index (χ1v) is 75.1. The summed E-state index contributed by atoms with van der Waals surface area (Å²) in [6.07, 6.45) is 16.5. The molecule has 10 aromatic rings. The first-order chi connectivity index (χ1) is 47.9. The molecule has 0 N–H and O–H groups in total. The van der Waals surface area contributed by atoms with Gasteiger partial charge in [-0.25, -0.2) is 0 Å². The van der Waals surface area contributed by atoms with E-state index in [0.29, 0.717) is 11.8 Å². The van der Waals surface area contributed by atoms with Crippen molar-refractivity contribution in [2.75, 3.05) is 0 Å². The third kappa shape index (κ3) is 23.3. The predicted octanol–water partition coefficient (Wildman–Crippen LogP) is 19.3. The molecule has 0 amide bonds. The predicted molar refractivity (Wildman–Crippen MR) is 465 cm³/mol. The van der Waals surface area contributed by atoms with E-state index in [2.05, 4.69) is 410 Å². The van der Waals surface area contributed by atoms with E-state index in [1.807, 2.05) is 0 Å². The Morgan fingerprint density at radius 1 is 0.291 bits per heavy atom. The van der Waals surface area contributed by atoms with Crippen LogP contribution in [0.1, 0.15) is 110 Å². The van der Waals surface area contributed by atoms with Gasteiger partial charge in [0.1, 0.15) is 0 Å². The molecule has 548 valence electrons. The third-order valence-electron chi connectivity index (χ3n) is 20.1.